The summed E-state index contributed by atoms with van der Waals surface area (Å²) in [6.45, 7) is 6.04. The molecular formula is C20H22F3N5OS2. The van der Waals surface area contributed by atoms with Gasteiger partial charge >= 0.3 is 6.18 Å². The molecule has 2 aromatic heterocycles. The number of rotatable bonds is 9. The van der Waals surface area contributed by atoms with Gasteiger partial charge in [0.1, 0.15) is 16.1 Å². The first kappa shape index (κ1) is 23.3. The second-order valence-electron chi connectivity index (χ2n) is 6.73. The Bertz CT molecular complexity index is 1020. The van der Waals surface area contributed by atoms with Crippen LogP contribution in [-0.2, 0) is 11.0 Å². The van der Waals surface area contributed by atoms with Crippen molar-refractivity contribution in [2.45, 2.75) is 37.9 Å². The molecule has 0 radical (unpaired) electrons. The standard InChI is InChI=1S/C20H22F3N5OS2/c1-3-9-28(10-4-2)19-27-17-16(31-19)18(25-12-24-17)30-11-15(29)26-14-7-5-13(6-8-14)20(21,22)23/h5-8,12H,3-4,9-11H2,1-2H3,(H,26,29). The first-order valence-electron chi connectivity index (χ1n) is 9.78. The van der Waals surface area contributed by atoms with Crippen LogP contribution in [0.5, 0.6) is 0 Å². The summed E-state index contributed by atoms with van der Waals surface area (Å²) in [7, 11) is 0. The summed E-state index contributed by atoms with van der Waals surface area (Å²) in [5, 5.41) is 4.15. The van der Waals surface area contributed by atoms with Gasteiger partial charge in [-0.15, -0.1) is 0 Å². The minimum atomic E-state index is -4.41. The second kappa shape index (κ2) is 10.3. The summed E-state index contributed by atoms with van der Waals surface area (Å²) in [6.07, 6.45) is -0.971. The van der Waals surface area contributed by atoms with E-state index in [1.165, 1.54) is 41.6 Å². The van der Waals surface area contributed by atoms with Gasteiger partial charge in [-0.2, -0.15) is 18.2 Å². The molecule has 0 aliphatic rings. The van der Waals surface area contributed by atoms with Gasteiger partial charge in [-0.25, -0.2) is 9.97 Å². The zero-order chi connectivity index (χ0) is 22.4. The Morgan fingerprint density at radius 2 is 1.81 bits per heavy atom. The number of halogens is 3. The minimum absolute atomic E-state index is 0.0635. The number of hydrogen-bond donors (Lipinski definition) is 1. The average molecular weight is 470 g/mol. The molecule has 0 saturated carbocycles. The number of nitrogens with one attached hydrogen (secondary N) is 1. The number of hydrogen-bond acceptors (Lipinski definition) is 7. The normalized spacial score (nSPS) is 11.6. The summed E-state index contributed by atoms with van der Waals surface area (Å²) in [5.74, 6) is -0.270. The Morgan fingerprint density at radius 1 is 1.13 bits per heavy atom. The molecule has 11 heteroatoms. The van der Waals surface area contributed by atoms with Crippen molar-refractivity contribution in [2.24, 2.45) is 0 Å². The predicted molar refractivity (Wildman–Crippen MR) is 119 cm³/mol. The second-order valence-corrected chi connectivity index (χ2v) is 8.67. The van der Waals surface area contributed by atoms with E-state index >= 15 is 0 Å². The molecule has 1 N–H and O–H groups in total. The zero-order valence-electron chi connectivity index (χ0n) is 17.1. The molecule has 31 heavy (non-hydrogen) atoms. The lowest BCUT2D eigenvalue weighted by molar-refractivity contribution is -0.137. The van der Waals surface area contributed by atoms with E-state index in [2.05, 4.69) is 39.0 Å². The third kappa shape index (κ3) is 6.07. The van der Waals surface area contributed by atoms with Gasteiger partial charge in [-0.05, 0) is 37.1 Å². The Kier molecular flexibility index (Phi) is 7.71. The van der Waals surface area contributed by atoms with Crippen molar-refractivity contribution in [3.8, 4) is 0 Å². The van der Waals surface area contributed by atoms with Gasteiger partial charge in [-0.1, -0.05) is 36.9 Å². The molecule has 3 aromatic rings. The molecule has 166 valence electrons. The Hall–Kier alpha value is -2.40. The molecule has 0 aliphatic heterocycles. The lowest BCUT2D eigenvalue weighted by Gasteiger charge is -2.19. The molecule has 3 rings (SSSR count). The van der Waals surface area contributed by atoms with E-state index in [0.29, 0.717) is 16.4 Å². The monoisotopic (exact) mass is 469 g/mol. The van der Waals surface area contributed by atoms with Crippen LogP contribution in [0.25, 0.3) is 10.3 Å². The van der Waals surface area contributed by atoms with Crippen LogP contribution in [0.1, 0.15) is 32.3 Å². The lowest BCUT2D eigenvalue weighted by atomic mass is 10.2. The van der Waals surface area contributed by atoms with E-state index in [4.69, 9.17) is 0 Å². The number of alkyl halides is 3. The van der Waals surface area contributed by atoms with Crippen LogP contribution in [-0.4, -0.2) is 39.7 Å². The number of nitrogens with zero attached hydrogens (tertiary/aromatic N) is 4. The number of fused-ring (bicyclic) bond motifs is 1. The lowest BCUT2D eigenvalue weighted by Crippen LogP contribution is -2.24. The SMILES string of the molecule is CCCN(CCC)c1nc2ncnc(SCC(=O)Nc3ccc(C(F)(F)F)cc3)c2s1. The first-order chi connectivity index (χ1) is 14.8. The number of thioether (sulfide) groups is 1. The molecule has 0 aliphatic carbocycles. The summed E-state index contributed by atoms with van der Waals surface area (Å²) in [5.41, 5.74) is 0.142. The Labute approximate surface area is 186 Å². The van der Waals surface area contributed by atoms with Crippen molar-refractivity contribution >= 4 is 50.2 Å². The maximum atomic E-state index is 12.6. The first-order valence-corrected chi connectivity index (χ1v) is 11.6. The fraction of sp³-hybridized carbons (Fsp3) is 0.400. The van der Waals surface area contributed by atoms with Crippen LogP contribution >= 0.6 is 23.1 Å². The average Bonchev–Trinajstić information content (AvgIpc) is 3.16. The molecule has 0 spiro atoms. The van der Waals surface area contributed by atoms with Gasteiger partial charge < -0.3 is 10.2 Å². The number of aromatic nitrogens is 3. The molecule has 1 aromatic carbocycles. The van der Waals surface area contributed by atoms with E-state index in [1.807, 2.05) is 0 Å². The zero-order valence-corrected chi connectivity index (χ0v) is 18.7. The van der Waals surface area contributed by atoms with Crippen LogP contribution in [0.15, 0.2) is 35.6 Å². The number of amides is 1. The number of thiazole rings is 1. The molecule has 0 saturated heterocycles. The highest BCUT2D eigenvalue weighted by Gasteiger charge is 2.30. The summed E-state index contributed by atoms with van der Waals surface area (Å²) < 4.78 is 38.8. The summed E-state index contributed by atoms with van der Waals surface area (Å²) in [6, 6.07) is 4.35. The smallest absolute Gasteiger partial charge is 0.348 e. The van der Waals surface area contributed by atoms with Gasteiger partial charge in [0.05, 0.1) is 11.3 Å². The fourth-order valence-corrected chi connectivity index (χ4v) is 4.82. The molecule has 0 fully saturated rings. The van der Waals surface area contributed by atoms with Gasteiger partial charge in [0.25, 0.3) is 0 Å². The highest BCUT2D eigenvalue weighted by atomic mass is 32.2. The topological polar surface area (TPSA) is 71.0 Å². The van der Waals surface area contributed by atoms with Crippen molar-refractivity contribution in [1.82, 2.24) is 15.0 Å². The van der Waals surface area contributed by atoms with Crippen LogP contribution in [0.4, 0.5) is 24.0 Å². The van der Waals surface area contributed by atoms with E-state index < -0.39 is 11.7 Å². The van der Waals surface area contributed by atoms with Crippen LogP contribution in [0, 0.1) is 0 Å². The quantitative estimate of drug-likeness (QED) is 0.331. The summed E-state index contributed by atoms with van der Waals surface area (Å²) >= 11 is 2.75. The maximum absolute atomic E-state index is 12.6. The maximum Gasteiger partial charge on any atom is 0.416 e. The van der Waals surface area contributed by atoms with Crippen LogP contribution in [0.3, 0.4) is 0 Å². The van der Waals surface area contributed by atoms with Crippen LogP contribution in [0.2, 0.25) is 0 Å². The molecule has 0 atom stereocenters. The van der Waals surface area contributed by atoms with Crippen molar-refractivity contribution in [2.75, 3.05) is 29.1 Å². The molecule has 6 nitrogen and oxygen atoms in total. The number of carbonyl (C=O) groups is 1. The molecule has 0 unspecified atom stereocenters. The van der Waals surface area contributed by atoms with Gasteiger partial charge in [0.2, 0.25) is 5.91 Å². The third-order valence-corrected chi connectivity index (χ3v) is 6.47. The Balaban J connectivity index is 1.67. The fourth-order valence-electron chi connectivity index (χ4n) is 2.88. The van der Waals surface area contributed by atoms with Crippen LogP contribution < -0.4 is 10.2 Å². The molecular weight excluding hydrogens is 447 g/mol. The van der Waals surface area contributed by atoms with E-state index in [1.54, 1.807) is 0 Å². The molecule has 1 amide bonds. The molecule has 0 bridgehead atoms. The van der Waals surface area contributed by atoms with Crippen molar-refractivity contribution in [1.29, 1.82) is 0 Å². The van der Waals surface area contributed by atoms with Gasteiger partial charge in [0, 0.05) is 18.8 Å². The van der Waals surface area contributed by atoms with Crippen molar-refractivity contribution in [3.05, 3.63) is 36.2 Å². The van der Waals surface area contributed by atoms with Gasteiger partial charge in [0.15, 0.2) is 10.8 Å². The molecule has 2 heterocycles. The largest absolute Gasteiger partial charge is 0.416 e. The number of carbonyl (C=O) groups excluding carboxylic acids is 1. The van der Waals surface area contributed by atoms with Crippen molar-refractivity contribution in [3.63, 3.8) is 0 Å². The predicted octanol–water partition coefficient (Wildman–Crippen LogP) is 5.46. The number of anilines is 2. The van der Waals surface area contributed by atoms with Crippen molar-refractivity contribution < 1.29 is 18.0 Å². The number of benzene rings is 1. The third-order valence-electron chi connectivity index (χ3n) is 4.24. The van der Waals surface area contributed by atoms with Gasteiger partial charge in [-0.3, -0.25) is 4.79 Å². The van der Waals surface area contributed by atoms with E-state index in [9.17, 15) is 18.0 Å². The highest BCUT2D eigenvalue weighted by molar-refractivity contribution is 8.00. The van der Waals surface area contributed by atoms with E-state index in [-0.39, 0.29) is 11.7 Å². The van der Waals surface area contributed by atoms with E-state index in [0.717, 1.165) is 47.9 Å². The Morgan fingerprint density at radius 3 is 2.42 bits per heavy atom. The highest BCUT2D eigenvalue weighted by Crippen LogP contribution is 2.34. The minimum Gasteiger partial charge on any atom is -0.348 e. The summed E-state index contributed by atoms with van der Waals surface area (Å²) in [4.78, 5) is 27.6.